The summed E-state index contributed by atoms with van der Waals surface area (Å²) in [6, 6.07) is 0. The van der Waals surface area contributed by atoms with E-state index in [0.29, 0.717) is 311 Å². The number of aliphatic carboxylic acids is 1. The van der Waals surface area contributed by atoms with Gasteiger partial charge in [0.2, 0.25) is 0 Å². The molecule has 0 aromatic heterocycles. The molecular formula is C51H102O27. The van der Waals surface area contributed by atoms with Gasteiger partial charge in [0.25, 0.3) is 0 Å². The van der Waals surface area contributed by atoms with E-state index in [0.717, 1.165) is 0 Å². The SMILES string of the molecule is O=C(O)CCOCCOCCOCCOCCOCCOCCOCCOCCOCCOCCOCCOCCOCCOCCOCCOCCOCCOCCOCCOCCOCCOCCOCCOCCO. The summed E-state index contributed by atoms with van der Waals surface area (Å²) in [5.41, 5.74) is 0. The zero-order valence-electron chi connectivity index (χ0n) is 47.0. The summed E-state index contributed by atoms with van der Waals surface area (Å²) in [4.78, 5) is 10.4. The molecule has 0 aliphatic carbocycles. The van der Waals surface area contributed by atoms with Gasteiger partial charge in [-0.05, 0) is 0 Å². The van der Waals surface area contributed by atoms with Crippen LogP contribution in [0.3, 0.4) is 0 Å². The molecule has 0 saturated heterocycles. The first-order chi connectivity index (χ1) is 38.8. The Labute approximate surface area is 463 Å². The van der Waals surface area contributed by atoms with Crippen LogP contribution in [0.15, 0.2) is 0 Å². The molecule has 0 radical (unpaired) electrons. The first-order valence-electron chi connectivity index (χ1n) is 27.5. The lowest BCUT2D eigenvalue weighted by Gasteiger charge is -2.09. The van der Waals surface area contributed by atoms with Gasteiger partial charge in [-0.2, -0.15) is 0 Å². The van der Waals surface area contributed by atoms with Gasteiger partial charge < -0.3 is 124 Å². The van der Waals surface area contributed by atoms with Crippen molar-refractivity contribution in [1.82, 2.24) is 0 Å². The zero-order valence-corrected chi connectivity index (χ0v) is 47.0. The minimum Gasteiger partial charge on any atom is -0.481 e. The molecule has 2 N–H and O–H groups in total. The number of aliphatic hydroxyl groups is 1. The van der Waals surface area contributed by atoms with Gasteiger partial charge in [0, 0.05) is 0 Å². The summed E-state index contributed by atoms with van der Waals surface area (Å²) < 4.78 is 131. The molecule has 27 nitrogen and oxygen atoms in total. The number of rotatable bonds is 74. The molecular weight excluding hydrogens is 1040 g/mol. The molecule has 0 unspecified atom stereocenters. The fraction of sp³-hybridized carbons (Fsp3) is 0.980. The fourth-order valence-corrected chi connectivity index (χ4v) is 5.38. The average Bonchev–Trinajstić information content (AvgIpc) is 3.44. The van der Waals surface area contributed by atoms with Crippen molar-refractivity contribution in [3.63, 3.8) is 0 Å². The molecule has 0 aliphatic rings. The summed E-state index contributed by atoms with van der Waals surface area (Å²) in [6.07, 6.45) is -0.0100. The Bertz CT molecular complexity index is 1080. The molecule has 0 amide bonds. The van der Waals surface area contributed by atoms with Gasteiger partial charge in [-0.25, -0.2) is 0 Å². The van der Waals surface area contributed by atoms with Gasteiger partial charge in [0.1, 0.15) is 0 Å². The Morgan fingerprint density at radius 3 is 0.346 bits per heavy atom. The summed E-state index contributed by atoms with van der Waals surface area (Å²) >= 11 is 0. The van der Waals surface area contributed by atoms with E-state index >= 15 is 0 Å². The van der Waals surface area contributed by atoms with Crippen molar-refractivity contribution in [3.8, 4) is 0 Å². The summed E-state index contributed by atoms with van der Waals surface area (Å²) in [7, 11) is 0. The Morgan fingerprint density at radius 2 is 0.256 bits per heavy atom. The number of ether oxygens (including phenoxy) is 24. The molecule has 0 atom stereocenters. The standard InChI is InChI=1S/C51H102O27/c52-2-4-56-6-8-58-10-12-60-14-16-62-18-20-64-22-24-66-26-28-68-30-32-70-34-36-72-38-40-74-42-44-76-46-48-78-50-49-77-47-45-75-43-41-73-39-37-71-35-33-69-31-29-67-27-25-65-23-21-63-19-17-61-15-13-59-11-9-57-7-5-55-3-1-51(53)54/h52H,1-50H2,(H,53,54). The van der Waals surface area contributed by atoms with Gasteiger partial charge in [0.15, 0.2) is 0 Å². The maximum Gasteiger partial charge on any atom is 0.305 e. The number of aliphatic hydroxyl groups excluding tert-OH is 1. The minimum atomic E-state index is -0.880. The first kappa shape index (κ1) is 76.5. The second kappa shape index (κ2) is 73.5. The van der Waals surface area contributed by atoms with E-state index in [1.165, 1.54) is 0 Å². The largest absolute Gasteiger partial charge is 0.481 e. The van der Waals surface area contributed by atoms with Crippen LogP contribution >= 0.6 is 0 Å². The van der Waals surface area contributed by atoms with Crippen LogP contribution in [0.5, 0.6) is 0 Å². The lowest BCUT2D eigenvalue weighted by atomic mass is 10.5. The molecule has 0 aromatic rings. The quantitative estimate of drug-likeness (QED) is 0.0750. The van der Waals surface area contributed by atoms with Crippen LogP contribution in [0.4, 0.5) is 0 Å². The van der Waals surface area contributed by atoms with E-state index in [1.807, 2.05) is 0 Å². The second-order valence-electron chi connectivity index (χ2n) is 15.6. The lowest BCUT2D eigenvalue weighted by Crippen LogP contribution is -2.16. The van der Waals surface area contributed by atoms with Crippen LogP contribution < -0.4 is 0 Å². The number of carboxylic acid groups (broad SMARTS) is 1. The number of carbonyl (C=O) groups is 1. The molecule has 0 aliphatic heterocycles. The molecule has 0 bridgehead atoms. The van der Waals surface area contributed by atoms with Crippen molar-refractivity contribution in [1.29, 1.82) is 0 Å². The first-order valence-corrected chi connectivity index (χ1v) is 27.5. The van der Waals surface area contributed by atoms with E-state index in [2.05, 4.69) is 0 Å². The zero-order chi connectivity index (χ0) is 55.9. The number of hydrogen-bond acceptors (Lipinski definition) is 26. The highest BCUT2D eigenvalue weighted by Gasteiger charge is 2.01. The molecule has 0 saturated carbocycles. The van der Waals surface area contributed by atoms with E-state index in [4.69, 9.17) is 124 Å². The van der Waals surface area contributed by atoms with Gasteiger partial charge in [-0.3, -0.25) is 4.79 Å². The lowest BCUT2D eigenvalue weighted by molar-refractivity contribution is -0.138. The van der Waals surface area contributed by atoms with Crippen LogP contribution in [0.1, 0.15) is 6.42 Å². The van der Waals surface area contributed by atoms with Gasteiger partial charge in [-0.15, -0.1) is 0 Å². The van der Waals surface area contributed by atoms with Crippen LogP contribution in [0.2, 0.25) is 0 Å². The smallest absolute Gasteiger partial charge is 0.305 e. The van der Waals surface area contributed by atoms with E-state index < -0.39 is 5.97 Å². The van der Waals surface area contributed by atoms with E-state index in [9.17, 15) is 4.79 Å². The fourth-order valence-electron chi connectivity index (χ4n) is 5.38. The van der Waals surface area contributed by atoms with Crippen molar-refractivity contribution in [2.75, 3.05) is 324 Å². The highest BCUT2D eigenvalue weighted by molar-refractivity contribution is 5.66. The second-order valence-corrected chi connectivity index (χ2v) is 15.6. The van der Waals surface area contributed by atoms with Crippen LogP contribution in [-0.4, -0.2) is 340 Å². The van der Waals surface area contributed by atoms with Gasteiger partial charge in [0.05, 0.1) is 330 Å². The molecule has 0 aromatic carbocycles. The van der Waals surface area contributed by atoms with Crippen molar-refractivity contribution >= 4 is 5.97 Å². The maximum absolute atomic E-state index is 10.4. The van der Waals surface area contributed by atoms with Gasteiger partial charge >= 0.3 is 5.97 Å². The molecule has 468 valence electrons. The Balaban J connectivity index is 3.08. The van der Waals surface area contributed by atoms with Crippen LogP contribution in [0, 0.1) is 0 Å². The Kier molecular flexibility index (Phi) is 72.0. The molecule has 0 heterocycles. The van der Waals surface area contributed by atoms with Crippen molar-refractivity contribution in [2.45, 2.75) is 6.42 Å². The summed E-state index contributed by atoms with van der Waals surface area (Å²) in [6.45, 7) is 22.4. The molecule has 27 heteroatoms. The average molecular weight is 1150 g/mol. The van der Waals surface area contributed by atoms with E-state index in [-0.39, 0.29) is 19.6 Å². The molecule has 78 heavy (non-hydrogen) atoms. The minimum absolute atomic E-state index is 0.0100. The van der Waals surface area contributed by atoms with Crippen molar-refractivity contribution in [3.05, 3.63) is 0 Å². The third-order valence-corrected chi connectivity index (χ3v) is 9.25. The third-order valence-electron chi connectivity index (χ3n) is 9.25. The summed E-state index contributed by atoms with van der Waals surface area (Å²) in [5.74, 6) is -0.880. The highest BCUT2D eigenvalue weighted by atomic mass is 16.6. The number of carboxylic acids is 1. The van der Waals surface area contributed by atoms with Crippen molar-refractivity contribution in [2.24, 2.45) is 0 Å². The normalized spacial score (nSPS) is 11.7. The number of hydrogen-bond donors (Lipinski definition) is 2. The molecule has 0 fully saturated rings. The third kappa shape index (κ3) is 74.5. The predicted molar refractivity (Wildman–Crippen MR) is 279 cm³/mol. The molecule has 0 rings (SSSR count). The Morgan fingerprint density at radius 1 is 0.167 bits per heavy atom. The Hall–Kier alpha value is -1.53. The van der Waals surface area contributed by atoms with Crippen LogP contribution in [-0.2, 0) is 118 Å². The van der Waals surface area contributed by atoms with Crippen molar-refractivity contribution < 1.29 is 129 Å². The highest BCUT2D eigenvalue weighted by Crippen LogP contribution is 1.91. The maximum atomic E-state index is 10.4. The summed E-state index contributed by atoms with van der Waals surface area (Å²) in [5, 5.41) is 17.1. The topological polar surface area (TPSA) is 279 Å². The molecule has 0 spiro atoms. The monoisotopic (exact) mass is 1150 g/mol. The van der Waals surface area contributed by atoms with Gasteiger partial charge in [-0.1, -0.05) is 0 Å². The predicted octanol–water partition coefficient (Wildman–Crippen LogP) is -0.148. The van der Waals surface area contributed by atoms with E-state index in [1.54, 1.807) is 0 Å². The van der Waals surface area contributed by atoms with Crippen LogP contribution in [0.25, 0.3) is 0 Å².